The molecule has 1 heterocycles. The Morgan fingerprint density at radius 3 is 2.81 bits per heavy atom. The number of halogens is 1. The summed E-state index contributed by atoms with van der Waals surface area (Å²) in [5.74, 6) is -0.391. The van der Waals surface area contributed by atoms with Crippen LogP contribution in [0.15, 0.2) is 24.8 Å². The maximum absolute atomic E-state index is 13.5. The van der Waals surface area contributed by atoms with Gasteiger partial charge in [0, 0.05) is 24.7 Å². The third-order valence-electron chi connectivity index (χ3n) is 4.13. The van der Waals surface area contributed by atoms with E-state index < -0.39 is 11.7 Å². The van der Waals surface area contributed by atoms with Crippen LogP contribution >= 0.6 is 0 Å². The molecule has 26 heavy (non-hydrogen) atoms. The van der Waals surface area contributed by atoms with E-state index in [2.05, 4.69) is 11.9 Å². The molecular weight excluding hydrogens is 335 g/mol. The minimum atomic E-state index is -0.556. The lowest BCUT2D eigenvalue weighted by Gasteiger charge is -2.33. The quantitative estimate of drug-likeness (QED) is 0.891. The van der Waals surface area contributed by atoms with E-state index in [0.717, 1.165) is 18.4 Å². The summed E-state index contributed by atoms with van der Waals surface area (Å²) in [5, 5.41) is 2.83. The number of nitrogens with zero attached hydrogens (tertiary/aromatic N) is 1. The Kier molecular flexibility index (Phi) is 6.40. The van der Waals surface area contributed by atoms with Crippen LogP contribution in [0.3, 0.4) is 0 Å². The van der Waals surface area contributed by atoms with Crippen LogP contribution < -0.4 is 5.32 Å². The van der Waals surface area contributed by atoms with Crippen LogP contribution in [0.2, 0.25) is 0 Å². The van der Waals surface area contributed by atoms with Crippen LogP contribution in [-0.2, 0) is 16.0 Å². The maximum Gasteiger partial charge on any atom is 0.407 e. The molecule has 1 fully saturated rings. The molecule has 1 aromatic rings. The van der Waals surface area contributed by atoms with Crippen molar-refractivity contribution in [2.45, 2.75) is 51.7 Å². The number of carbonyl (C=O) groups is 2. The van der Waals surface area contributed by atoms with Crippen LogP contribution in [-0.4, -0.2) is 41.6 Å². The summed E-state index contributed by atoms with van der Waals surface area (Å²) in [5.41, 5.74) is 0.576. The predicted octanol–water partition coefficient (Wildman–Crippen LogP) is 3.53. The minimum Gasteiger partial charge on any atom is -0.444 e. The van der Waals surface area contributed by atoms with Gasteiger partial charge in [0.15, 0.2) is 0 Å². The van der Waals surface area contributed by atoms with E-state index in [1.54, 1.807) is 17.0 Å². The van der Waals surface area contributed by atoms with E-state index in [0.29, 0.717) is 18.7 Å². The topological polar surface area (TPSA) is 58.6 Å². The number of rotatable bonds is 4. The molecule has 0 unspecified atom stereocenters. The molecule has 0 radical (unpaired) electrons. The highest BCUT2D eigenvalue weighted by atomic mass is 19.1. The summed E-state index contributed by atoms with van der Waals surface area (Å²) < 4.78 is 18.8. The Bertz CT molecular complexity index is 682. The van der Waals surface area contributed by atoms with Gasteiger partial charge in [-0.25, -0.2) is 9.18 Å². The van der Waals surface area contributed by atoms with E-state index in [9.17, 15) is 14.0 Å². The van der Waals surface area contributed by atoms with E-state index in [4.69, 9.17) is 4.74 Å². The molecule has 142 valence electrons. The SMILES string of the molecule is C=Cc1cc(CC(=O)N2CCC[C@@H](NC(=O)OC(C)(C)C)C2)ccc1F. The third kappa shape index (κ3) is 5.86. The van der Waals surface area contributed by atoms with Crippen molar-refractivity contribution in [1.29, 1.82) is 0 Å². The molecule has 2 amide bonds. The van der Waals surface area contributed by atoms with Crippen molar-refractivity contribution >= 4 is 18.1 Å². The Labute approximate surface area is 154 Å². The smallest absolute Gasteiger partial charge is 0.407 e. The zero-order valence-corrected chi connectivity index (χ0v) is 15.7. The normalized spacial score (nSPS) is 17.5. The summed E-state index contributed by atoms with van der Waals surface area (Å²) in [6.07, 6.45) is 2.78. The fourth-order valence-corrected chi connectivity index (χ4v) is 2.94. The first-order valence-electron chi connectivity index (χ1n) is 8.86. The molecule has 0 aliphatic carbocycles. The second-order valence-electron chi connectivity index (χ2n) is 7.56. The van der Waals surface area contributed by atoms with Crippen molar-refractivity contribution in [3.63, 3.8) is 0 Å². The molecule has 2 rings (SSSR count). The van der Waals surface area contributed by atoms with Crippen LogP contribution in [0, 0.1) is 5.82 Å². The second kappa shape index (κ2) is 8.34. The third-order valence-corrected chi connectivity index (χ3v) is 4.13. The van der Waals surface area contributed by atoms with Crippen LogP contribution in [0.5, 0.6) is 0 Å². The molecule has 1 aliphatic heterocycles. The lowest BCUT2D eigenvalue weighted by atomic mass is 10.0. The molecule has 0 saturated carbocycles. The first kappa shape index (κ1) is 19.9. The Morgan fingerprint density at radius 1 is 1.42 bits per heavy atom. The van der Waals surface area contributed by atoms with Crippen molar-refractivity contribution in [3.8, 4) is 0 Å². The number of likely N-dealkylation sites (tertiary alicyclic amines) is 1. The number of carbonyl (C=O) groups excluding carboxylic acids is 2. The molecule has 6 heteroatoms. The summed E-state index contributed by atoms with van der Waals surface area (Å²) in [4.78, 5) is 26.2. The molecule has 5 nitrogen and oxygen atoms in total. The van der Waals surface area contributed by atoms with Crippen molar-refractivity contribution in [2.75, 3.05) is 13.1 Å². The number of nitrogens with one attached hydrogen (secondary N) is 1. The van der Waals surface area contributed by atoms with E-state index in [-0.39, 0.29) is 24.2 Å². The summed E-state index contributed by atoms with van der Waals surface area (Å²) >= 11 is 0. The van der Waals surface area contributed by atoms with Crippen molar-refractivity contribution in [3.05, 3.63) is 41.7 Å². The average Bonchev–Trinajstić information content (AvgIpc) is 2.55. The number of alkyl carbamates (subject to hydrolysis) is 1. The molecule has 0 spiro atoms. The summed E-state index contributed by atoms with van der Waals surface area (Å²) in [6.45, 7) is 10.1. The number of piperidine rings is 1. The summed E-state index contributed by atoms with van der Waals surface area (Å²) in [6, 6.07) is 4.48. The number of benzene rings is 1. The van der Waals surface area contributed by atoms with Crippen LogP contribution in [0.1, 0.15) is 44.7 Å². The fraction of sp³-hybridized carbons (Fsp3) is 0.500. The van der Waals surface area contributed by atoms with Crippen LogP contribution in [0.25, 0.3) is 6.08 Å². The Morgan fingerprint density at radius 2 is 2.15 bits per heavy atom. The minimum absolute atomic E-state index is 0.0395. The molecule has 1 N–H and O–H groups in total. The summed E-state index contributed by atoms with van der Waals surface area (Å²) in [7, 11) is 0. The van der Waals surface area contributed by atoms with E-state index in [1.807, 2.05) is 20.8 Å². The standard InChI is InChI=1S/C20H27FN2O3/c1-5-15-11-14(8-9-17(15)21)12-18(24)23-10-6-7-16(13-23)22-19(25)26-20(2,3)4/h5,8-9,11,16H,1,6-7,10,12-13H2,2-4H3,(H,22,25)/t16-/m1/s1. The predicted molar refractivity (Wildman–Crippen MR) is 99.2 cm³/mol. The molecule has 1 saturated heterocycles. The van der Waals surface area contributed by atoms with Gasteiger partial charge < -0.3 is 15.0 Å². The van der Waals surface area contributed by atoms with Gasteiger partial charge in [-0.3, -0.25) is 4.79 Å². The second-order valence-corrected chi connectivity index (χ2v) is 7.56. The Hall–Kier alpha value is -2.37. The van der Waals surface area contributed by atoms with Crippen molar-refractivity contribution < 1.29 is 18.7 Å². The zero-order chi connectivity index (χ0) is 19.3. The molecule has 1 atom stereocenters. The average molecular weight is 362 g/mol. The van der Waals surface area contributed by atoms with Gasteiger partial charge in [0.1, 0.15) is 11.4 Å². The molecule has 1 aliphatic rings. The first-order valence-corrected chi connectivity index (χ1v) is 8.86. The highest BCUT2D eigenvalue weighted by Crippen LogP contribution is 2.16. The van der Waals surface area contributed by atoms with Crippen molar-refractivity contribution in [1.82, 2.24) is 10.2 Å². The van der Waals surface area contributed by atoms with Gasteiger partial charge >= 0.3 is 6.09 Å². The van der Waals surface area contributed by atoms with E-state index >= 15 is 0 Å². The first-order chi connectivity index (χ1) is 12.2. The highest BCUT2D eigenvalue weighted by Gasteiger charge is 2.26. The molecular formula is C20H27FN2O3. The maximum atomic E-state index is 13.5. The van der Waals surface area contributed by atoms with Gasteiger partial charge in [0.2, 0.25) is 5.91 Å². The molecule has 0 aromatic heterocycles. The monoisotopic (exact) mass is 362 g/mol. The van der Waals surface area contributed by atoms with E-state index in [1.165, 1.54) is 12.1 Å². The van der Waals surface area contributed by atoms with Crippen LogP contribution in [0.4, 0.5) is 9.18 Å². The van der Waals surface area contributed by atoms with Gasteiger partial charge in [-0.15, -0.1) is 0 Å². The van der Waals surface area contributed by atoms with Gasteiger partial charge in [0.05, 0.1) is 6.42 Å². The zero-order valence-electron chi connectivity index (χ0n) is 15.7. The fourth-order valence-electron chi connectivity index (χ4n) is 2.94. The number of hydrogen-bond acceptors (Lipinski definition) is 3. The number of hydrogen-bond donors (Lipinski definition) is 1. The highest BCUT2D eigenvalue weighted by molar-refractivity contribution is 5.79. The van der Waals surface area contributed by atoms with Gasteiger partial charge in [0.25, 0.3) is 0 Å². The van der Waals surface area contributed by atoms with Crippen molar-refractivity contribution in [2.24, 2.45) is 0 Å². The lowest BCUT2D eigenvalue weighted by Crippen LogP contribution is -2.50. The van der Waals surface area contributed by atoms with Gasteiger partial charge in [-0.05, 0) is 51.3 Å². The largest absolute Gasteiger partial charge is 0.444 e. The number of amides is 2. The molecule has 1 aromatic carbocycles. The number of ether oxygens (including phenoxy) is 1. The Balaban J connectivity index is 1.93. The van der Waals surface area contributed by atoms with Gasteiger partial charge in [-0.2, -0.15) is 0 Å². The molecule has 0 bridgehead atoms. The van der Waals surface area contributed by atoms with Gasteiger partial charge in [-0.1, -0.05) is 18.7 Å². The lowest BCUT2D eigenvalue weighted by molar-refractivity contribution is -0.131.